The van der Waals surface area contributed by atoms with Crippen molar-refractivity contribution in [2.24, 2.45) is 0 Å². The zero-order valence-electron chi connectivity index (χ0n) is 15.6. The lowest BCUT2D eigenvalue weighted by atomic mass is 9.99. The van der Waals surface area contributed by atoms with Crippen molar-refractivity contribution in [3.8, 4) is 28.7 Å². The predicted octanol–water partition coefficient (Wildman–Crippen LogP) is 5.89. The lowest BCUT2D eigenvalue weighted by Crippen LogP contribution is -1.95. The molecule has 0 aliphatic heterocycles. The molecule has 144 valence electrons. The highest BCUT2D eigenvalue weighted by molar-refractivity contribution is 5.90. The second-order valence-electron chi connectivity index (χ2n) is 6.58. The highest BCUT2D eigenvalue weighted by Crippen LogP contribution is 2.38. The Kier molecular flexibility index (Phi) is 4.93. The third kappa shape index (κ3) is 3.60. The van der Waals surface area contributed by atoms with Crippen molar-refractivity contribution in [1.82, 2.24) is 0 Å². The first-order chi connectivity index (χ1) is 14.6. The maximum Gasteiger partial charge on any atom is 0.270 e. The smallest absolute Gasteiger partial charge is 0.270 e. The number of rotatable bonds is 5. The molecule has 0 saturated heterocycles. The van der Waals surface area contributed by atoms with Gasteiger partial charge < -0.3 is 4.74 Å². The van der Waals surface area contributed by atoms with E-state index < -0.39 is 4.92 Å². The van der Waals surface area contributed by atoms with E-state index in [0.29, 0.717) is 40.0 Å². The zero-order valence-corrected chi connectivity index (χ0v) is 15.6. The number of hydrogen-bond donors (Lipinski definition) is 0. The molecule has 0 saturated carbocycles. The van der Waals surface area contributed by atoms with Gasteiger partial charge in [0.1, 0.15) is 11.5 Å². The number of aldehydes is 1. The maximum atomic E-state index is 11.5. The molecule has 0 aliphatic rings. The first-order valence-corrected chi connectivity index (χ1v) is 9.04. The van der Waals surface area contributed by atoms with Crippen LogP contribution in [0.2, 0.25) is 0 Å². The summed E-state index contributed by atoms with van der Waals surface area (Å²) in [5.74, 6) is 0.925. The van der Waals surface area contributed by atoms with Crippen molar-refractivity contribution in [3.63, 3.8) is 0 Å². The summed E-state index contributed by atoms with van der Waals surface area (Å²) in [6.07, 6.45) is 0.709. The van der Waals surface area contributed by atoms with Crippen LogP contribution in [-0.2, 0) is 0 Å². The van der Waals surface area contributed by atoms with E-state index in [4.69, 9.17) is 10.00 Å². The van der Waals surface area contributed by atoms with Crippen molar-refractivity contribution in [1.29, 1.82) is 5.26 Å². The molecule has 0 fully saturated rings. The molecular weight excluding hydrogens is 380 g/mol. The van der Waals surface area contributed by atoms with Gasteiger partial charge in [-0.25, -0.2) is 0 Å². The molecule has 0 atom stereocenters. The summed E-state index contributed by atoms with van der Waals surface area (Å²) in [5.41, 5.74) is 1.88. The van der Waals surface area contributed by atoms with Crippen LogP contribution in [0.25, 0.3) is 21.9 Å². The molecule has 0 amide bonds. The molecule has 0 N–H and O–H groups in total. The molecule has 0 spiro atoms. The normalized spacial score (nSPS) is 10.4. The highest BCUT2D eigenvalue weighted by atomic mass is 16.6. The van der Waals surface area contributed by atoms with E-state index in [2.05, 4.69) is 6.07 Å². The molecule has 4 aromatic carbocycles. The van der Waals surface area contributed by atoms with Crippen molar-refractivity contribution in [3.05, 3.63) is 100 Å². The number of carbonyl (C=O) groups excluding carboxylic acids is 1. The molecule has 4 aromatic rings. The molecule has 4 rings (SSSR count). The SMILES string of the molecule is N#Cc1ccc2cc(Oc3ccc([N+](=O)[O-])cc3-c3ccccc3C=O)ccc2c1. The quantitative estimate of drug-likeness (QED) is 0.239. The number of non-ortho nitro benzene ring substituents is 1. The Hall–Kier alpha value is -4.50. The van der Waals surface area contributed by atoms with E-state index in [0.717, 1.165) is 10.8 Å². The first-order valence-electron chi connectivity index (χ1n) is 9.04. The van der Waals surface area contributed by atoms with E-state index >= 15 is 0 Å². The summed E-state index contributed by atoms with van der Waals surface area (Å²) in [6.45, 7) is 0. The van der Waals surface area contributed by atoms with Gasteiger partial charge in [0.2, 0.25) is 0 Å². The van der Waals surface area contributed by atoms with Gasteiger partial charge in [0.05, 0.1) is 16.6 Å². The van der Waals surface area contributed by atoms with E-state index in [9.17, 15) is 14.9 Å². The van der Waals surface area contributed by atoms with Gasteiger partial charge in [-0.05, 0) is 46.7 Å². The lowest BCUT2D eigenvalue weighted by Gasteiger charge is -2.13. The summed E-state index contributed by atoms with van der Waals surface area (Å²) < 4.78 is 6.06. The Morgan fingerprint density at radius 2 is 1.67 bits per heavy atom. The monoisotopic (exact) mass is 394 g/mol. The fourth-order valence-corrected chi connectivity index (χ4v) is 3.26. The Bertz CT molecular complexity index is 1340. The van der Waals surface area contributed by atoms with Crippen molar-refractivity contribution in [2.45, 2.75) is 0 Å². The van der Waals surface area contributed by atoms with Gasteiger partial charge >= 0.3 is 0 Å². The van der Waals surface area contributed by atoms with Gasteiger partial charge in [0.25, 0.3) is 5.69 Å². The molecule has 0 radical (unpaired) electrons. The number of fused-ring (bicyclic) bond motifs is 1. The lowest BCUT2D eigenvalue weighted by molar-refractivity contribution is -0.384. The summed E-state index contributed by atoms with van der Waals surface area (Å²) in [6, 6.07) is 24.0. The van der Waals surface area contributed by atoms with Crippen molar-refractivity contribution < 1.29 is 14.5 Å². The van der Waals surface area contributed by atoms with Crippen LogP contribution in [0.15, 0.2) is 78.9 Å². The summed E-state index contributed by atoms with van der Waals surface area (Å²) >= 11 is 0. The summed E-state index contributed by atoms with van der Waals surface area (Å²) in [4.78, 5) is 22.3. The van der Waals surface area contributed by atoms with Crippen LogP contribution >= 0.6 is 0 Å². The Labute approximate surface area is 171 Å². The predicted molar refractivity (Wildman–Crippen MR) is 113 cm³/mol. The average molecular weight is 394 g/mol. The van der Waals surface area contributed by atoms with Crippen molar-refractivity contribution >= 4 is 22.7 Å². The Morgan fingerprint density at radius 1 is 0.900 bits per heavy atom. The van der Waals surface area contributed by atoms with Crippen LogP contribution in [0, 0.1) is 21.4 Å². The Morgan fingerprint density at radius 3 is 2.43 bits per heavy atom. The number of benzene rings is 4. The molecule has 0 bridgehead atoms. The van der Waals surface area contributed by atoms with Gasteiger partial charge in [-0.15, -0.1) is 0 Å². The first kappa shape index (κ1) is 18.8. The van der Waals surface area contributed by atoms with Gasteiger partial charge in [-0.1, -0.05) is 36.4 Å². The Balaban J connectivity index is 1.81. The summed E-state index contributed by atoms with van der Waals surface area (Å²) in [7, 11) is 0. The summed E-state index contributed by atoms with van der Waals surface area (Å²) in [5, 5.41) is 22.1. The fourth-order valence-electron chi connectivity index (χ4n) is 3.26. The van der Waals surface area contributed by atoms with Crippen LogP contribution in [0.3, 0.4) is 0 Å². The molecular formula is C24H14N2O4. The van der Waals surface area contributed by atoms with Crippen LogP contribution in [0.5, 0.6) is 11.5 Å². The third-order valence-corrected chi connectivity index (χ3v) is 4.72. The van der Waals surface area contributed by atoms with Crippen LogP contribution in [-0.4, -0.2) is 11.2 Å². The second kappa shape index (κ2) is 7.86. The molecule has 0 heterocycles. The third-order valence-electron chi connectivity index (χ3n) is 4.72. The van der Waals surface area contributed by atoms with Crippen LogP contribution in [0.1, 0.15) is 15.9 Å². The van der Waals surface area contributed by atoms with Crippen molar-refractivity contribution in [2.75, 3.05) is 0 Å². The van der Waals surface area contributed by atoms with Gasteiger partial charge in [0.15, 0.2) is 6.29 Å². The zero-order chi connectivity index (χ0) is 21.1. The van der Waals surface area contributed by atoms with Gasteiger partial charge in [-0.2, -0.15) is 5.26 Å². The van der Waals surface area contributed by atoms with E-state index in [1.807, 2.05) is 18.2 Å². The largest absolute Gasteiger partial charge is 0.457 e. The topological polar surface area (TPSA) is 93.2 Å². The molecule has 0 aliphatic carbocycles. The minimum absolute atomic E-state index is 0.0967. The van der Waals surface area contributed by atoms with Gasteiger partial charge in [-0.3, -0.25) is 14.9 Å². The van der Waals surface area contributed by atoms with E-state index in [-0.39, 0.29) is 5.69 Å². The highest BCUT2D eigenvalue weighted by Gasteiger charge is 2.16. The van der Waals surface area contributed by atoms with E-state index in [1.165, 1.54) is 18.2 Å². The minimum Gasteiger partial charge on any atom is -0.457 e. The standard InChI is InChI=1S/C24H14N2O4/c25-14-16-5-6-18-12-21(9-7-17(18)11-16)30-24-10-8-20(26(28)29)13-23(24)22-4-2-1-3-19(22)15-27/h1-13,15H. The van der Waals surface area contributed by atoms with E-state index in [1.54, 1.807) is 42.5 Å². The maximum absolute atomic E-state index is 11.5. The number of hydrogen-bond acceptors (Lipinski definition) is 5. The number of carbonyl (C=O) groups is 1. The number of ether oxygens (including phenoxy) is 1. The minimum atomic E-state index is -0.486. The molecule has 0 unspecified atom stereocenters. The molecule has 0 aromatic heterocycles. The molecule has 6 heteroatoms. The fraction of sp³-hybridized carbons (Fsp3) is 0. The number of nitriles is 1. The van der Waals surface area contributed by atoms with Crippen LogP contribution in [0.4, 0.5) is 5.69 Å². The molecule has 30 heavy (non-hydrogen) atoms. The second-order valence-corrected chi connectivity index (χ2v) is 6.58. The van der Waals surface area contributed by atoms with Gasteiger partial charge in [0, 0.05) is 23.3 Å². The molecule has 6 nitrogen and oxygen atoms in total. The average Bonchev–Trinajstić information content (AvgIpc) is 2.78. The number of nitrogens with zero attached hydrogens (tertiary/aromatic N) is 2. The number of nitro groups is 1. The number of nitro benzene ring substituents is 1. The van der Waals surface area contributed by atoms with Crippen LogP contribution < -0.4 is 4.74 Å².